The lowest BCUT2D eigenvalue weighted by atomic mass is 10.1. The van der Waals surface area contributed by atoms with E-state index in [4.69, 9.17) is 9.47 Å². The fraction of sp³-hybridized carbons (Fsp3) is 0.217. The summed E-state index contributed by atoms with van der Waals surface area (Å²) in [6.45, 7) is 3.01. The fourth-order valence-electron chi connectivity index (χ4n) is 3.16. The van der Waals surface area contributed by atoms with E-state index in [2.05, 4.69) is 16.0 Å². The first kappa shape index (κ1) is 19.6. The molecule has 0 aromatic heterocycles. The van der Waals surface area contributed by atoms with Crippen molar-refractivity contribution >= 4 is 17.8 Å². The highest BCUT2D eigenvalue weighted by atomic mass is 16.6. The highest BCUT2D eigenvalue weighted by Crippen LogP contribution is 2.31. The molecule has 2 aromatic rings. The van der Waals surface area contributed by atoms with Crippen LogP contribution < -0.4 is 20.1 Å². The summed E-state index contributed by atoms with van der Waals surface area (Å²) in [5, 5.41) is 10.6. The third kappa shape index (κ3) is 4.63. The number of allylic oxidation sites excluding steroid dienone is 1. The number of ether oxygens (including phenoxy) is 2. The van der Waals surface area contributed by atoms with Crippen molar-refractivity contribution in [2.75, 3.05) is 25.6 Å². The normalized spacial score (nSPS) is 15.5. The minimum Gasteiger partial charge on any atom is -0.683 e. The molecule has 2 aromatic carbocycles. The van der Waals surface area contributed by atoms with E-state index in [-0.39, 0.29) is 11.9 Å². The lowest BCUT2D eigenvalue weighted by Crippen LogP contribution is -2.21. The van der Waals surface area contributed by atoms with E-state index in [9.17, 15) is 4.79 Å². The molecule has 2 heterocycles. The van der Waals surface area contributed by atoms with Gasteiger partial charge in [0.05, 0.1) is 0 Å². The monoisotopic (exact) mass is 404 g/mol. The molecule has 2 aliphatic rings. The van der Waals surface area contributed by atoms with Gasteiger partial charge in [-0.05, 0) is 36.5 Å². The average molecular weight is 404 g/mol. The molecule has 7 heteroatoms. The van der Waals surface area contributed by atoms with Crippen LogP contribution in [0.5, 0.6) is 11.5 Å². The molecule has 2 N–H and O–H groups in total. The predicted molar refractivity (Wildman–Crippen MR) is 116 cm³/mol. The van der Waals surface area contributed by atoms with Crippen LogP contribution in [0, 0.1) is 0 Å². The number of carbonyl (C=O) groups is 1. The van der Waals surface area contributed by atoms with Crippen molar-refractivity contribution in [3.63, 3.8) is 0 Å². The van der Waals surface area contributed by atoms with Crippen molar-refractivity contribution in [2.24, 2.45) is 0 Å². The van der Waals surface area contributed by atoms with Gasteiger partial charge in [-0.1, -0.05) is 30.7 Å². The van der Waals surface area contributed by atoms with Gasteiger partial charge in [-0.25, -0.2) is 4.58 Å². The van der Waals surface area contributed by atoms with Crippen LogP contribution in [0.2, 0.25) is 0 Å². The molecule has 2 aliphatic heterocycles. The molecule has 1 amide bonds. The summed E-state index contributed by atoms with van der Waals surface area (Å²) in [5.41, 5.74) is 3.28. The van der Waals surface area contributed by atoms with Gasteiger partial charge in [-0.2, -0.15) is 6.20 Å². The molecule has 30 heavy (non-hydrogen) atoms. The molecule has 7 nitrogen and oxygen atoms in total. The number of hydrogen-bond acceptors (Lipinski definition) is 4. The summed E-state index contributed by atoms with van der Waals surface area (Å²) in [4.78, 5) is 12.7. The number of hydrogen-bond donors (Lipinski definition) is 2. The molecule has 0 aliphatic carbocycles. The topological polar surface area (TPSA) is 76.7 Å². The van der Waals surface area contributed by atoms with Gasteiger partial charge in [0, 0.05) is 11.3 Å². The second-order valence-corrected chi connectivity index (χ2v) is 7.10. The lowest BCUT2D eigenvalue weighted by molar-refractivity contribution is -0.429. The minimum atomic E-state index is -0.201. The lowest BCUT2D eigenvalue weighted by Gasteiger charge is -2.26. The van der Waals surface area contributed by atoms with Gasteiger partial charge in [0.25, 0.3) is 5.91 Å². The van der Waals surface area contributed by atoms with Gasteiger partial charge >= 0.3 is 0 Å². The Hall–Kier alpha value is -3.74. The average Bonchev–Trinajstić information content (AvgIpc) is 2.74. The van der Waals surface area contributed by atoms with Crippen LogP contribution >= 0.6 is 0 Å². The Morgan fingerprint density at radius 3 is 2.77 bits per heavy atom. The zero-order valence-corrected chi connectivity index (χ0v) is 17.0. The first-order valence-electron chi connectivity index (χ1n) is 9.79. The molecular formula is C23H24N4O3. The first-order chi connectivity index (χ1) is 14.6. The van der Waals surface area contributed by atoms with Gasteiger partial charge < -0.3 is 25.4 Å². The number of carbonyl (C=O) groups excluding carboxylic acids is 1. The third-order valence-electron chi connectivity index (χ3n) is 4.75. The van der Waals surface area contributed by atoms with Gasteiger partial charge in [-0.15, -0.1) is 0 Å². The molecule has 0 bridgehead atoms. The molecule has 0 saturated heterocycles. The molecule has 0 spiro atoms. The number of nitrogens with zero attached hydrogens (tertiary/aromatic N) is 2. The summed E-state index contributed by atoms with van der Waals surface area (Å²) in [7, 11) is 1.97. The third-order valence-corrected chi connectivity index (χ3v) is 4.75. The Bertz CT molecular complexity index is 1040. The van der Waals surface area contributed by atoms with Crippen molar-refractivity contribution in [2.45, 2.75) is 13.0 Å². The maximum Gasteiger partial charge on any atom is 0.255 e. The van der Waals surface area contributed by atoms with Crippen LogP contribution in [0.4, 0.5) is 5.69 Å². The summed E-state index contributed by atoms with van der Waals surface area (Å²) < 4.78 is 13.0. The number of benzene rings is 2. The number of rotatable bonds is 7. The maximum absolute atomic E-state index is 12.7. The SMILES string of the molecule is CC([N-]C=CNC1=C[N+](C)=C1)c1cccc(NC(=O)c2ccc3c(c2)OCCO3)c1. The number of anilines is 1. The highest BCUT2D eigenvalue weighted by molar-refractivity contribution is 6.04. The van der Waals surface area contributed by atoms with Crippen molar-refractivity contribution in [3.05, 3.63) is 83.2 Å². The van der Waals surface area contributed by atoms with Crippen LogP contribution in [0.1, 0.15) is 28.9 Å². The Labute approximate surface area is 175 Å². The smallest absolute Gasteiger partial charge is 0.255 e. The van der Waals surface area contributed by atoms with Gasteiger partial charge in [0.15, 0.2) is 29.6 Å². The molecule has 0 radical (unpaired) electrons. The molecule has 0 fully saturated rings. The van der Waals surface area contributed by atoms with Crippen molar-refractivity contribution < 1.29 is 18.8 Å². The number of fused-ring (bicyclic) bond motifs is 1. The standard InChI is InChI=1S/C23H24N4O3/c1-16(24-8-9-25-20-14-27(2)15-20)17-4-3-5-19(12-17)26-23(28)18-6-7-21-22(13-18)30-11-10-29-21/h3-9,12-16,25H,10-11H2,1-2H3,(H,26,28). The Balaban J connectivity index is 1.35. The number of amides is 1. The number of nitrogens with one attached hydrogen (secondary N) is 2. The second kappa shape index (κ2) is 8.73. The van der Waals surface area contributed by atoms with Gasteiger partial charge in [0.1, 0.15) is 20.3 Å². The van der Waals surface area contributed by atoms with E-state index >= 15 is 0 Å². The van der Waals surface area contributed by atoms with Crippen LogP contribution in [0.15, 0.2) is 66.8 Å². The fourth-order valence-corrected chi connectivity index (χ4v) is 3.16. The second-order valence-electron chi connectivity index (χ2n) is 7.10. The van der Waals surface area contributed by atoms with Crippen LogP contribution in [-0.4, -0.2) is 37.0 Å². The van der Waals surface area contributed by atoms with E-state index in [1.807, 2.05) is 55.2 Å². The van der Waals surface area contributed by atoms with Gasteiger partial charge in [0.2, 0.25) is 0 Å². The van der Waals surface area contributed by atoms with E-state index in [1.54, 1.807) is 30.6 Å². The highest BCUT2D eigenvalue weighted by Gasteiger charge is 2.15. The van der Waals surface area contributed by atoms with Crippen LogP contribution in [-0.2, 0) is 0 Å². The quantitative estimate of drug-likeness (QED) is 0.689. The molecule has 0 saturated carbocycles. The van der Waals surface area contributed by atoms with Gasteiger partial charge in [-0.3, -0.25) is 4.79 Å². The molecule has 4 rings (SSSR count). The molecular weight excluding hydrogens is 380 g/mol. The zero-order chi connectivity index (χ0) is 20.9. The van der Waals surface area contributed by atoms with Crippen LogP contribution in [0.3, 0.4) is 0 Å². The maximum atomic E-state index is 12.7. The molecule has 1 unspecified atom stereocenters. The minimum absolute atomic E-state index is 0.0452. The van der Waals surface area contributed by atoms with E-state index in [0.29, 0.717) is 36.0 Å². The zero-order valence-electron chi connectivity index (χ0n) is 17.0. The summed E-state index contributed by atoms with van der Waals surface area (Å²) in [6, 6.07) is 12.8. The summed E-state index contributed by atoms with van der Waals surface area (Å²) in [6.07, 6.45) is 7.53. The van der Waals surface area contributed by atoms with Crippen molar-refractivity contribution in [1.29, 1.82) is 0 Å². The Morgan fingerprint density at radius 1 is 1.17 bits per heavy atom. The largest absolute Gasteiger partial charge is 0.683 e. The van der Waals surface area contributed by atoms with E-state index in [0.717, 1.165) is 11.3 Å². The summed E-state index contributed by atoms with van der Waals surface area (Å²) in [5.74, 6) is 1.06. The Kier molecular flexibility index (Phi) is 5.70. The Morgan fingerprint density at radius 2 is 1.97 bits per heavy atom. The van der Waals surface area contributed by atoms with Crippen LogP contribution in [0.25, 0.3) is 5.32 Å². The van der Waals surface area contributed by atoms with E-state index < -0.39 is 0 Å². The van der Waals surface area contributed by atoms with E-state index in [1.165, 1.54) is 0 Å². The van der Waals surface area contributed by atoms with Crippen molar-refractivity contribution in [1.82, 2.24) is 5.32 Å². The first-order valence-corrected chi connectivity index (χ1v) is 9.79. The molecule has 154 valence electrons. The summed E-state index contributed by atoms with van der Waals surface area (Å²) >= 11 is 0. The predicted octanol–water partition coefficient (Wildman–Crippen LogP) is 3.77. The van der Waals surface area contributed by atoms with Crippen molar-refractivity contribution in [3.8, 4) is 11.5 Å². The molecule has 1 atom stereocenters.